The van der Waals surface area contributed by atoms with Gasteiger partial charge in [-0.25, -0.2) is 9.59 Å². The number of fused-ring (bicyclic) bond motifs is 1. The Balaban J connectivity index is 0.000000333. The molecular weight excluding hydrogens is 556 g/mol. The van der Waals surface area contributed by atoms with E-state index in [0.29, 0.717) is 19.7 Å². The Morgan fingerprint density at radius 1 is 1.00 bits per heavy atom. The van der Waals surface area contributed by atoms with Crippen molar-refractivity contribution in [2.75, 3.05) is 26.2 Å². The van der Waals surface area contributed by atoms with Crippen molar-refractivity contribution in [1.29, 1.82) is 0 Å². The van der Waals surface area contributed by atoms with Gasteiger partial charge < -0.3 is 24.3 Å². The van der Waals surface area contributed by atoms with E-state index < -0.39 is 24.3 Å². The van der Waals surface area contributed by atoms with Crippen molar-refractivity contribution in [3.05, 3.63) is 53.7 Å². The number of carbonyl (C=O) groups is 3. The first-order valence-corrected chi connectivity index (χ1v) is 11.8. The van der Waals surface area contributed by atoms with Gasteiger partial charge in [-0.05, 0) is 44.2 Å². The molecule has 10 nitrogen and oxygen atoms in total. The molecule has 2 fully saturated rings. The van der Waals surface area contributed by atoms with Gasteiger partial charge in [0.05, 0.1) is 43.7 Å². The zero-order valence-electron chi connectivity index (χ0n) is 21.1. The first-order valence-electron chi connectivity index (χ1n) is 11.8. The second-order valence-electron chi connectivity index (χ2n) is 8.75. The van der Waals surface area contributed by atoms with Gasteiger partial charge in [-0.3, -0.25) is 14.7 Å². The maximum absolute atomic E-state index is 13.1. The Morgan fingerprint density at radius 2 is 1.62 bits per heavy atom. The van der Waals surface area contributed by atoms with E-state index in [-0.39, 0.29) is 17.9 Å². The average molecular weight is 583 g/mol. The minimum atomic E-state index is -5.08. The minimum absolute atomic E-state index is 0.0401. The van der Waals surface area contributed by atoms with E-state index in [2.05, 4.69) is 9.88 Å². The zero-order chi connectivity index (χ0) is 30.1. The summed E-state index contributed by atoms with van der Waals surface area (Å²) in [5.41, 5.74) is 1.91. The molecule has 2 atom stereocenters. The van der Waals surface area contributed by atoms with Crippen molar-refractivity contribution in [2.24, 2.45) is 5.92 Å². The fourth-order valence-corrected chi connectivity index (χ4v) is 3.90. The quantitative estimate of drug-likeness (QED) is 0.519. The van der Waals surface area contributed by atoms with E-state index in [1.807, 2.05) is 42.2 Å². The van der Waals surface area contributed by atoms with Crippen LogP contribution in [-0.2, 0) is 32.2 Å². The monoisotopic (exact) mass is 583 g/mol. The van der Waals surface area contributed by atoms with Crippen LogP contribution in [0.15, 0.2) is 41.0 Å². The molecule has 2 aromatic rings. The van der Waals surface area contributed by atoms with Gasteiger partial charge in [0.15, 0.2) is 0 Å². The van der Waals surface area contributed by atoms with Crippen molar-refractivity contribution in [3.8, 4) is 0 Å². The van der Waals surface area contributed by atoms with Crippen LogP contribution in [0.3, 0.4) is 0 Å². The van der Waals surface area contributed by atoms with Crippen molar-refractivity contribution in [3.63, 3.8) is 0 Å². The highest BCUT2D eigenvalue weighted by molar-refractivity contribution is 5.80. The number of likely N-dealkylation sites (tertiary alicyclic amines) is 1. The van der Waals surface area contributed by atoms with E-state index >= 15 is 0 Å². The van der Waals surface area contributed by atoms with E-state index in [9.17, 15) is 31.1 Å². The number of amides is 1. The number of pyridine rings is 1. The second kappa shape index (κ2) is 14.1. The maximum Gasteiger partial charge on any atom is 0.490 e. The van der Waals surface area contributed by atoms with Crippen LogP contribution in [0.25, 0.3) is 0 Å². The van der Waals surface area contributed by atoms with Gasteiger partial charge in [-0.2, -0.15) is 26.3 Å². The maximum atomic E-state index is 13.1. The number of furan rings is 1. The van der Waals surface area contributed by atoms with Crippen molar-refractivity contribution < 1.29 is 60.1 Å². The third-order valence-corrected chi connectivity index (χ3v) is 5.71. The third kappa shape index (κ3) is 10.5. The smallest absolute Gasteiger partial charge is 0.475 e. The van der Waals surface area contributed by atoms with Crippen LogP contribution in [0.1, 0.15) is 23.6 Å². The van der Waals surface area contributed by atoms with E-state index in [1.165, 1.54) is 0 Å². The molecule has 1 amide bonds. The number of carboxylic acids is 2. The van der Waals surface area contributed by atoms with Crippen molar-refractivity contribution in [1.82, 2.24) is 14.8 Å². The van der Waals surface area contributed by atoms with Crippen LogP contribution in [0, 0.1) is 12.8 Å². The molecule has 2 saturated heterocycles. The lowest BCUT2D eigenvalue weighted by Gasteiger charge is -2.36. The Bertz CT molecular complexity index is 1100. The van der Waals surface area contributed by atoms with Crippen molar-refractivity contribution >= 4 is 17.8 Å². The number of carbonyl (C=O) groups excluding carboxylic acids is 1. The van der Waals surface area contributed by atoms with Crippen LogP contribution in [0.2, 0.25) is 0 Å². The number of hydrogen-bond donors (Lipinski definition) is 2. The lowest BCUT2D eigenvalue weighted by atomic mass is 9.92. The van der Waals surface area contributed by atoms with Gasteiger partial charge in [-0.15, -0.1) is 0 Å². The summed E-state index contributed by atoms with van der Waals surface area (Å²) in [7, 11) is 0. The minimum Gasteiger partial charge on any atom is -0.475 e. The standard InChI is InChI=1S/C20H25N3O3.2C2HF3O2/c1-15-4-2-5-16(21-15)12-23-9-11-26-19-14-22(8-7-18(19)20(23)24)13-17-6-3-10-25-17;2*3-2(4,5)1(6)7/h2-6,10,18-19H,7-9,11-14H2,1H3;2*(H,6,7)/t18-,19+;;/m1../s1. The summed E-state index contributed by atoms with van der Waals surface area (Å²) in [6.07, 6.45) is -7.69. The second-order valence-corrected chi connectivity index (χ2v) is 8.75. The number of rotatable bonds is 4. The number of aliphatic carboxylic acids is 2. The SMILES string of the molecule is Cc1cccc(CN2CCO[C@H]3CN(Cc4ccco4)CC[C@H]3C2=O)n1.O=C(O)C(F)(F)F.O=C(O)C(F)(F)F. The number of halogens is 6. The summed E-state index contributed by atoms with van der Waals surface area (Å²) in [6, 6.07) is 9.84. The molecule has 0 aliphatic carbocycles. The molecule has 16 heteroatoms. The fourth-order valence-electron chi connectivity index (χ4n) is 3.90. The molecule has 0 radical (unpaired) electrons. The summed E-state index contributed by atoms with van der Waals surface area (Å²) in [5.74, 6) is -4.42. The number of carboxylic acid groups (broad SMARTS) is 2. The first-order chi connectivity index (χ1) is 18.6. The molecule has 4 heterocycles. The van der Waals surface area contributed by atoms with Crippen LogP contribution >= 0.6 is 0 Å². The molecule has 0 aromatic carbocycles. The normalized spacial score (nSPS) is 19.8. The molecule has 2 aromatic heterocycles. The lowest BCUT2D eigenvalue weighted by Crippen LogP contribution is -2.48. The van der Waals surface area contributed by atoms with Gasteiger partial charge >= 0.3 is 24.3 Å². The number of nitrogens with zero attached hydrogens (tertiary/aromatic N) is 3. The Morgan fingerprint density at radius 3 is 2.15 bits per heavy atom. The number of piperidine rings is 1. The molecule has 2 aliphatic rings. The molecule has 0 unspecified atom stereocenters. The molecule has 4 rings (SSSR count). The Kier molecular flexibility index (Phi) is 11.5. The van der Waals surface area contributed by atoms with Crippen LogP contribution in [-0.4, -0.2) is 87.5 Å². The molecule has 222 valence electrons. The fraction of sp³-hybridized carbons (Fsp3) is 0.500. The number of alkyl halides is 6. The summed E-state index contributed by atoms with van der Waals surface area (Å²) in [5, 5.41) is 14.2. The molecule has 0 spiro atoms. The number of aromatic nitrogens is 1. The van der Waals surface area contributed by atoms with Gasteiger partial charge in [0.2, 0.25) is 5.91 Å². The number of aryl methyl sites for hydroxylation is 1. The van der Waals surface area contributed by atoms with E-state index in [4.69, 9.17) is 29.0 Å². The van der Waals surface area contributed by atoms with Gasteiger partial charge in [0.1, 0.15) is 5.76 Å². The largest absolute Gasteiger partial charge is 0.490 e. The summed E-state index contributed by atoms with van der Waals surface area (Å²) in [4.78, 5) is 39.6. The Hall–Kier alpha value is -3.66. The highest BCUT2D eigenvalue weighted by Gasteiger charge is 2.40. The van der Waals surface area contributed by atoms with Gasteiger partial charge in [0.25, 0.3) is 0 Å². The summed E-state index contributed by atoms with van der Waals surface area (Å²) >= 11 is 0. The molecule has 0 saturated carbocycles. The van der Waals surface area contributed by atoms with Crippen LogP contribution in [0.4, 0.5) is 26.3 Å². The zero-order valence-corrected chi connectivity index (χ0v) is 21.1. The van der Waals surface area contributed by atoms with Crippen LogP contribution < -0.4 is 0 Å². The number of hydrogen-bond acceptors (Lipinski definition) is 7. The lowest BCUT2D eigenvalue weighted by molar-refractivity contribution is -0.193. The van der Waals surface area contributed by atoms with Gasteiger partial charge in [-0.1, -0.05) is 6.07 Å². The summed E-state index contributed by atoms with van der Waals surface area (Å²) in [6.45, 7) is 6.16. The predicted octanol–water partition coefficient (Wildman–Crippen LogP) is 3.50. The van der Waals surface area contributed by atoms with E-state index in [1.54, 1.807) is 6.26 Å². The van der Waals surface area contributed by atoms with E-state index in [0.717, 1.165) is 43.2 Å². The topological polar surface area (TPSA) is 133 Å². The molecule has 2 aliphatic heterocycles. The number of ether oxygens (including phenoxy) is 1. The summed E-state index contributed by atoms with van der Waals surface area (Å²) < 4.78 is 75.0. The molecule has 40 heavy (non-hydrogen) atoms. The third-order valence-electron chi connectivity index (χ3n) is 5.71. The molecule has 0 bridgehead atoms. The highest BCUT2D eigenvalue weighted by Crippen LogP contribution is 2.27. The van der Waals surface area contributed by atoms with Gasteiger partial charge in [0, 0.05) is 18.8 Å². The average Bonchev–Trinajstić information content (AvgIpc) is 3.30. The molecular formula is C24H27F6N3O7. The first kappa shape index (κ1) is 32.6. The Labute approximate surface area is 224 Å². The highest BCUT2D eigenvalue weighted by atomic mass is 19.4. The molecule has 2 N–H and O–H groups in total. The predicted molar refractivity (Wildman–Crippen MR) is 124 cm³/mol. The van der Waals surface area contributed by atoms with Crippen LogP contribution in [0.5, 0.6) is 0 Å². The van der Waals surface area contributed by atoms with Crippen molar-refractivity contribution in [2.45, 2.75) is 44.9 Å².